The average molecular weight is 326 g/mol. The topological polar surface area (TPSA) is 43.0 Å². The summed E-state index contributed by atoms with van der Waals surface area (Å²) in [7, 11) is 0. The van der Waals surface area contributed by atoms with Crippen LogP contribution in [0.15, 0.2) is 0 Å². The Bertz CT molecular complexity index is 376. The maximum absolute atomic E-state index is 6.03. The van der Waals surface area contributed by atoms with Crippen molar-refractivity contribution in [1.29, 1.82) is 0 Å². The SMILES string of the molecule is CCO[C@@H]1C[C@@H](NCC(C)(C)N2CCOCC2)C12CCOCC2. The second-order valence-electron chi connectivity index (χ2n) is 7.87. The highest BCUT2D eigenvalue weighted by atomic mass is 16.5. The minimum absolute atomic E-state index is 0.173. The minimum Gasteiger partial charge on any atom is -0.381 e. The van der Waals surface area contributed by atoms with Crippen LogP contribution in [0.25, 0.3) is 0 Å². The van der Waals surface area contributed by atoms with E-state index in [0.29, 0.717) is 17.6 Å². The van der Waals surface area contributed by atoms with Crippen LogP contribution in [0, 0.1) is 5.41 Å². The fourth-order valence-corrected chi connectivity index (χ4v) is 4.54. The van der Waals surface area contributed by atoms with Crippen LogP contribution >= 0.6 is 0 Å². The fraction of sp³-hybridized carbons (Fsp3) is 1.00. The quantitative estimate of drug-likeness (QED) is 0.804. The van der Waals surface area contributed by atoms with Gasteiger partial charge in [-0.05, 0) is 40.0 Å². The maximum atomic E-state index is 6.03. The van der Waals surface area contributed by atoms with E-state index in [4.69, 9.17) is 14.2 Å². The Balaban J connectivity index is 1.56. The van der Waals surface area contributed by atoms with E-state index < -0.39 is 0 Å². The van der Waals surface area contributed by atoms with Gasteiger partial charge >= 0.3 is 0 Å². The third-order valence-corrected chi connectivity index (χ3v) is 6.22. The summed E-state index contributed by atoms with van der Waals surface area (Å²) in [5, 5.41) is 3.89. The van der Waals surface area contributed by atoms with Crippen LogP contribution in [0.4, 0.5) is 0 Å². The molecule has 2 atom stereocenters. The van der Waals surface area contributed by atoms with Crippen molar-refractivity contribution in [3.05, 3.63) is 0 Å². The summed E-state index contributed by atoms with van der Waals surface area (Å²) >= 11 is 0. The highest BCUT2D eigenvalue weighted by Crippen LogP contribution is 2.50. The van der Waals surface area contributed by atoms with E-state index in [1.165, 1.54) is 0 Å². The zero-order valence-electron chi connectivity index (χ0n) is 15.1. The fourth-order valence-electron chi connectivity index (χ4n) is 4.54. The van der Waals surface area contributed by atoms with Crippen molar-refractivity contribution in [3.8, 4) is 0 Å². The molecule has 0 bridgehead atoms. The molecule has 2 saturated heterocycles. The van der Waals surface area contributed by atoms with Gasteiger partial charge < -0.3 is 19.5 Å². The molecule has 3 fully saturated rings. The van der Waals surface area contributed by atoms with Gasteiger partial charge in [0, 0.05) is 56.5 Å². The van der Waals surface area contributed by atoms with Gasteiger partial charge in [-0.15, -0.1) is 0 Å². The molecule has 1 spiro atoms. The summed E-state index contributed by atoms with van der Waals surface area (Å²) in [6, 6.07) is 0.572. The van der Waals surface area contributed by atoms with Crippen molar-refractivity contribution in [3.63, 3.8) is 0 Å². The van der Waals surface area contributed by atoms with Crippen molar-refractivity contribution < 1.29 is 14.2 Å². The van der Waals surface area contributed by atoms with Crippen LogP contribution in [0.1, 0.15) is 40.0 Å². The number of rotatable bonds is 6. The van der Waals surface area contributed by atoms with Crippen LogP contribution in [0.2, 0.25) is 0 Å². The van der Waals surface area contributed by atoms with Crippen molar-refractivity contribution in [2.75, 3.05) is 52.7 Å². The largest absolute Gasteiger partial charge is 0.381 e. The van der Waals surface area contributed by atoms with Gasteiger partial charge in [0.25, 0.3) is 0 Å². The van der Waals surface area contributed by atoms with Crippen LogP contribution in [-0.4, -0.2) is 75.3 Å². The first kappa shape index (κ1) is 17.6. The Hall–Kier alpha value is -0.200. The summed E-state index contributed by atoms with van der Waals surface area (Å²) in [5.41, 5.74) is 0.474. The molecule has 23 heavy (non-hydrogen) atoms. The first-order valence-corrected chi connectivity index (χ1v) is 9.34. The summed E-state index contributed by atoms with van der Waals surface area (Å²) < 4.78 is 17.1. The van der Waals surface area contributed by atoms with Crippen LogP contribution in [0.3, 0.4) is 0 Å². The Morgan fingerprint density at radius 3 is 2.43 bits per heavy atom. The average Bonchev–Trinajstić information content (AvgIpc) is 2.59. The highest BCUT2D eigenvalue weighted by Gasteiger charge is 2.56. The van der Waals surface area contributed by atoms with E-state index in [9.17, 15) is 0 Å². The summed E-state index contributed by atoms with van der Waals surface area (Å²) in [4.78, 5) is 2.55. The molecular weight excluding hydrogens is 292 g/mol. The molecule has 2 heterocycles. The van der Waals surface area contributed by atoms with E-state index in [1.807, 2.05) is 0 Å². The zero-order valence-corrected chi connectivity index (χ0v) is 15.1. The van der Waals surface area contributed by atoms with Crippen molar-refractivity contribution in [1.82, 2.24) is 10.2 Å². The Kier molecular flexibility index (Phi) is 5.64. The number of hydrogen-bond acceptors (Lipinski definition) is 5. The van der Waals surface area contributed by atoms with Crippen molar-refractivity contribution in [2.45, 2.75) is 57.7 Å². The molecule has 3 rings (SSSR count). The molecule has 2 aliphatic heterocycles. The van der Waals surface area contributed by atoms with Crippen molar-refractivity contribution >= 4 is 0 Å². The molecular formula is C18H34N2O3. The number of hydrogen-bond donors (Lipinski definition) is 1. The zero-order chi connectivity index (χ0) is 16.3. The van der Waals surface area contributed by atoms with E-state index >= 15 is 0 Å². The minimum atomic E-state index is 0.173. The second-order valence-corrected chi connectivity index (χ2v) is 7.87. The van der Waals surface area contributed by atoms with Crippen LogP contribution in [0.5, 0.6) is 0 Å². The Morgan fingerprint density at radius 1 is 1.13 bits per heavy atom. The van der Waals surface area contributed by atoms with Gasteiger partial charge in [-0.2, -0.15) is 0 Å². The van der Waals surface area contributed by atoms with Gasteiger partial charge in [-0.25, -0.2) is 0 Å². The number of morpholine rings is 1. The summed E-state index contributed by atoms with van der Waals surface area (Å²) in [6.45, 7) is 14.2. The summed E-state index contributed by atoms with van der Waals surface area (Å²) in [5.74, 6) is 0. The van der Waals surface area contributed by atoms with Gasteiger partial charge in [0.15, 0.2) is 0 Å². The van der Waals surface area contributed by atoms with Gasteiger partial charge in [0.1, 0.15) is 0 Å². The Morgan fingerprint density at radius 2 is 1.78 bits per heavy atom. The molecule has 0 aromatic heterocycles. The lowest BCUT2D eigenvalue weighted by Gasteiger charge is -2.58. The molecule has 3 aliphatic rings. The molecule has 134 valence electrons. The molecule has 5 nitrogen and oxygen atoms in total. The predicted octanol–water partition coefficient (Wildman–Crippen LogP) is 1.66. The lowest BCUT2D eigenvalue weighted by atomic mass is 9.57. The molecule has 1 N–H and O–H groups in total. The standard InChI is InChI=1S/C18H34N2O3/c1-4-23-16-13-15(18(16)5-9-21-10-6-18)19-14-17(2,3)20-7-11-22-12-8-20/h15-16,19H,4-14H2,1-3H3/t15-,16-/m1/s1. The highest BCUT2D eigenvalue weighted by molar-refractivity contribution is 5.09. The Labute approximate surface area is 141 Å². The van der Waals surface area contributed by atoms with E-state index in [-0.39, 0.29) is 5.54 Å². The third-order valence-electron chi connectivity index (χ3n) is 6.22. The predicted molar refractivity (Wildman–Crippen MR) is 90.8 cm³/mol. The number of nitrogens with zero attached hydrogens (tertiary/aromatic N) is 1. The lowest BCUT2D eigenvalue weighted by molar-refractivity contribution is -0.174. The molecule has 0 radical (unpaired) electrons. The van der Waals surface area contributed by atoms with E-state index in [0.717, 1.165) is 71.9 Å². The third kappa shape index (κ3) is 3.59. The smallest absolute Gasteiger partial charge is 0.0662 e. The normalized spacial score (nSPS) is 32.0. The van der Waals surface area contributed by atoms with Crippen LogP contribution < -0.4 is 5.32 Å². The lowest BCUT2D eigenvalue weighted by Crippen LogP contribution is -2.67. The first-order valence-electron chi connectivity index (χ1n) is 9.34. The molecule has 1 saturated carbocycles. The molecule has 0 aromatic rings. The number of nitrogens with one attached hydrogen (secondary N) is 1. The molecule has 0 amide bonds. The van der Waals surface area contributed by atoms with Gasteiger partial charge in [0.2, 0.25) is 0 Å². The number of ether oxygens (including phenoxy) is 3. The summed E-state index contributed by atoms with van der Waals surface area (Å²) in [6.07, 6.45) is 3.83. The van der Waals surface area contributed by atoms with Crippen molar-refractivity contribution in [2.24, 2.45) is 5.41 Å². The molecule has 0 unspecified atom stereocenters. The molecule has 1 aliphatic carbocycles. The van der Waals surface area contributed by atoms with Gasteiger partial charge in [0.05, 0.1) is 19.3 Å². The monoisotopic (exact) mass is 326 g/mol. The van der Waals surface area contributed by atoms with Gasteiger partial charge in [-0.1, -0.05) is 0 Å². The van der Waals surface area contributed by atoms with E-state index in [2.05, 4.69) is 31.0 Å². The molecule has 0 aromatic carbocycles. The second kappa shape index (κ2) is 7.36. The van der Waals surface area contributed by atoms with Crippen LogP contribution in [-0.2, 0) is 14.2 Å². The molecule has 5 heteroatoms. The first-order chi connectivity index (χ1) is 11.1. The van der Waals surface area contributed by atoms with Gasteiger partial charge in [-0.3, -0.25) is 4.90 Å². The van der Waals surface area contributed by atoms with E-state index in [1.54, 1.807) is 0 Å². The maximum Gasteiger partial charge on any atom is 0.0662 e.